The first kappa shape index (κ1) is 15.8. The Kier molecular flexibility index (Phi) is 4.33. The highest BCUT2D eigenvalue weighted by Crippen LogP contribution is 2.21. The Labute approximate surface area is 138 Å². The summed E-state index contributed by atoms with van der Waals surface area (Å²) >= 11 is 0. The second-order valence-electron chi connectivity index (χ2n) is 5.30. The van der Waals surface area contributed by atoms with Crippen LogP contribution in [0.2, 0.25) is 0 Å². The third-order valence-electron chi connectivity index (χ3n) is 3.62. The predicted octanol–water partition coefficient (Wildman–Crippen LogP) is 3.08. The number of benzene rings is 1. The molecule has 0 spiro atoms. The largest absolute Gasteiger partial charge is 0.463 e. The number of aryl methyl sites for hydroxylation is 1. The van der Waals surface area contributed by atoms with Gasteiger partial charge in [-0.2, -0.15) is 0 Å². The molecule has 1 N–H and O–H groups in total. The average Bonchev–Trinajstić information content (AvgIpc) is 3.22. The summed E-state index contributed by atoms with van der Waals surface area (Å²) in [6.45, 7) is 3.07. The van der Waals surface area contributed by atoms with Crippen molar-refractivity contribution < 1.29 is 18.8 Å². The van der Waals surface area contributed by atoms with Crippen LogP contribution in [0.25, 0.3) is 10.9 Å². The lowest BCUT2D eigenvalue weighted by Gasteiger charge is -2.05. The summed E-state index contributed by atoms with van der Waals surface area (Å²) in [4.78, 5) is 23.5. The first-order chi connectivity index (χ1) is 11.6. The molecule has 0 saturated heterocycles. The van der Waals surface area contributed by atoms with Gasteiger partial charge in [-0.05, 0) is 30.7 Å². The van der Waals surface area contributed by atoms with E-state index < -0.39 is 11.9 Å². The van der Waals surface area contributed by atoms with Gasteiger partial charge >= 0.3 is 5.97 Å². The molecule has 7 nitrogen and oxygen atoms in total. The molecule has 124 valence electrons. The van der Waals surface area contributed by atoms with Gasteiger partial charge in [-0.3, -0.25) is 4.79 Å². The number of hydrogen-bond donors (Lipinski definition) is 1. The SMILES string of the molecule is CCCn1ccc2cc(NC(=O)c3cc(C(=O)OC)on3)ccc21. The number of fused-ring (bicyclic) bond motifs is 1. The van der Waals surface area contributed by atoms with Crippen molar-refractivity contribution in [2.45, 2.75) is 19.9 Å². The Balaban J connectivity index is 1.78. The van der Waals surface area contributed by atoms with Gasteiger partial charge < -0.3 is 19.1 Å². The highest BCUT2D eigenvalue weighted by Gasteiger charge is 2.18. The molecule has 0 saturated carbocycles. The lowest BCUT2D eigenvalue weighted by atomic mass is 10.2. The highest BCUT2D eigenvalue weighted by molar-refractivity contribution is 6.04. The Morgan fingerprint density at radius 1 is 1.29 bits per heavy atom. The molecule has 0 radical (unpaired) electrons. The average molecular weight is 327 g/mol. The maximum atomic E-state index is 12.2. The molecule has 3 rings (SSSR count). The number of nitrogens with zero attached hydrogens (tertiary/aromatic N) is 2. The van der Waals surface area contributed by atoms with Crippen molar-refractivity contribution in [1.29, 1.82) is 0 Å². The van der Waals surface area contributed by atoms with Gasteiger partial charge in [0.05, 0.1) is 7.11 Å². The summed E-state index contributed by atoms with van der Waals surface area (Å²) in [6, 6.07) is 8.93. The van der Waals surface area contributed by atoms with Crippen LogP contribution in [0.5, 0.6) is 0 Å². The second-order valence-corrected chi connectivity index (χ2v) is 5.30. The summed E-state index contributed by atoms with van der Waals surface area (Å²) in [6.07, 6.45) is 3.08. The van der Waals surface area contributed by atoms with Crippen molar-refractivity contribution in [3.63, 3.8) is 0 Å². The summed E-state index contributed by atoms with van der Waals surface area (Å²) in [7, 11) is 1.23. The van der Waals surface area contributed by atoms with Crippen LogP contribution in [0.15, 0.2) is 41.1 Å². The molecule has 0 unspecified atom stereocenters. The standard InChI is InChI=1S/C17H17N3O4/c1-3-7-20-8-6-11-9-12(4-5-14(11)20)18-16(21)13-10-15(24-19-13)17(22)23-2/h4-6,8-10H,3,7H2,1-2H3,(H,18,21). The summed E-state index contributed by atoms with van der Waals surface area (Å²) in [5.74, 6) is -1.25. The predicted molar refractivity (Wildman–Crippen MR) is 88.0 cm³/mol. The fourth-order valence-electron chi connectivity index (χ4n) is 2.49. The normalized spacial score (nSPS) is 10.8. The molecule has 0 atom stereocenters. The number of ether oxygens (including phenoxy) is 1. The lowest BCUT2D eigenvalue weighted by Crippen LogP contribution is -2.12. The highest BCUT2D eigenvalue weighted by atomic mass is 16.5. The minimum Gasteiger partial charge on any atom is -0.463 e. The van der Waals surface area contributed by atoms with E-state index in [1.807, 2.05) is 30.5 Å². The van der Waals surface area contributed by atoms with Crippen LogP contribution in [-0.4, -0.2) is 28.7 Å². The molecule has 7 heteroatoms. The quantitative estimate of drug-likeness (QED) is 0.728. The molecule has 0 aliphatic carbocycles. The Bertz CT molecular complexity index is 894. The van der Waals surface area contributed by atoms with Crippen molar-refractivity contribution in [2.75, 3.05) is 12.4 Å². The number of aromatic nitrogens is 2. The smallest absolute Gasteiger partial charge is 0.376 e. The van der Waals surface area contributed by atoms with E-state index in [0.29, 0.717) is 5.69 Å². The van der Waals surface area contributed by atoms with E-state index in [9.17, 15) is 9.59 Å². The molecular weight excluding hydrogens is 310 g/mol. The molecular formula is C17H17N3O4. The van der Waals surface area contributed by atoms with E-state index >= 15 is 0 Å². The van der Waals surface area contributed by atoms with Gasteiger partial charge in [0, 0.05) is 35.4 Å². The Hall–Kier alpha value is -3.09. The van der Waals surface area contributed by atoms with E-state index in [0.717, 1.165) is 23.9 Å². The van der Waals surface area contributed by atoms with Crippen molar-refractivity contribution in [1.82, 2.24) is 9.72 Å². The van der Waals surface area contributed by atoms with Gasteiger partial charge in [-0.25, -0.2) is 4.79 Å². The molecule has 1 amide bonds. The van der Waals surface area contributed by atoms with E-state index in [4.69, 9.17) is 4.52 Å². The van der Waals surface area contributed by atoms with Gasteiger partial charge in [0.15, 0.2) is 5.69 Å². The van der Waals surface area contributed by atoms with Crippen LogP contribution in [0.3, 0.4) is 0 Å². The van der Waals surface area contributed by atoms with Gasteiger partial charge in [-0.1, -0.05) is 12.1 Å². The van der Waals surface area contributed by atoms with Crippen LogP contribution in [0, 0.1) is 0 Å². The van der Waals surface area contributed by atoms with Gasteiger partial charge in [0.25, 0.3) is 5.91 Å². The van der Waals surface area contributed by atoms with Crippen molar-refractivity contribution in [3.8, 4) is 0 Å². The molecule has 24 heavy (non-hydrogen) atoms. The number of carbonyl (C=O) groups excluding carboxylic acids is 2. The topological polar surface area (TPSA) is 86.4 Å². The first-order valence-corrected chi connectivity index (χ1v) is 7.57. The molecule has 2 heterocycles. The maximum Gasteiger partial charge on any atom is 0.376 e. The number of nitrogens with one attached hydrogen (secondary N) is 1. The van der Waals surface area contributed by atoms with E-state index in [2.05, 4.69) is 26.7 Å². The molecule has 2 aromatic heterocycles. The van der Waals surface area contributed by atoms with Gasteiger partial charge in [-0.15, -0.1) is 0 Å². The van der Waals surface area contributed by atoms with Crippen molar-refractivity contribution in [3.05, 3.63) is 48.0 Å². The maximum absolute atomic E-state index is 12.2. The number of esters is 1. The monoisotopic (exact) mass is 327 g/mol. The minimum absolute atomic E-state index is 0.0130. The molecule has 0 bridgehead atoms. The number of anilines is 1. The zero-order chi connectivity index (χ0) is 17.1. The number of hydrogen-bond acceptors (Lipinski definition) is 5. The molecule has 1 aromatic carbocycles. The zero-order valence-corrected chi connectivity index (χ0v) is 13.4. The lowest BCUT2D eigenvalue weighted by molar-refractivity contribution is 0.0554. The minimum atomic E-state index is -0.680. The number of methoxy groups -OCH3 is 1. The van der Waals surface area contributed by atoms with Crippen LogP contribution in [0.4, 0.5) is 5.69 Å². The van der Waals surface area contributed by atoms with Crippen LogP contribution in [0.1, 0.15) is 34.4 Å². The van der Waals surface area contributed by atoms with Crippen LogP contribution in [-0.2, 0) is 11.3 Å². The zero-order valence-electron chi connectivity index (χ0n) is 13.4. The number of rotatable bonds is 5. The molecule has 0 aliphatic heterocycles. The van der Waals surface area contributed by atoms with E-state index in [1.165, 1.54) is 13.2 Å². The van der Waals surface area contributed by atoms with Crippen LogP contribution >= 0.6 is 0 Å². The van der Waals surface area contributed by atoms with Gasteiger partial charge in [0.1, 0.15) is 0 Å². The molecule has 3 aromatic rings. The van der Waals surface area contributed by atoms with Crippen molar-refractivity contribution >= 4 is 28.5 Å². The van der Waals surface area contributed by atoms with E-state index in [-0.39, 0.29) is 11.5 Å². The Morgan fingerprint density at radius 2 is 2.12 bits per heavy atom. The molecule has 0 fully saturated rings. The number of carbonyl (C=O) groups is 2. The first-order valence-electron chi connectivity index (χ1n) is 7.57. The Morgan fingerprint density at radius 3 is 2.88 bits per heavy atom. The summed E-state index contributed by atoms with van der Waals surface area (Å²) < 4.78 is 11.5. The van der Waals surface area contributed by atoms with Crippen molar-refractivity contribution in [2.24, 2.45) is 0 Å². The number of amides is 1. The van der Waals surface area contributed by atoms with E-state index in [1.54, 1.807) is 0 Å². The van der Waals surface area contributed by atoms with Crippen LogP contribution < -0.4 is 5.32 Å². The fraction of sp³-hybridized carbons (Fsp3) is 0.235. The third kappa shape index (κ3) is 3.01. The fourth-order valence-corrected chi connectivity index (χ4v) is 2.49. The third-order valence-corrected chi connectivity index (χ3v) is 3.62. The molecule has 0 aliphatic rings. The summed E-state index contributed by atoms with van der Waals surface area (Å²) in [5.41, 5.74) is 1.77. The summed E-state index contributed by atoms with van der Waals surface area (Å²) in [5, 5.41) is 7.36. The van der Waals surface area contributed by atoms with Gasteiger partial charge in [0.2, 0.25) is 5.76 Å². The second kappa shape index (κ2) is 6.57.